The highest BCUT2D eigenvalue weighted by atomic mass is 16.4. The molecule has 0 bridgehead atoms. The molecule has 0 unspecified atom stereocenters. The first-order valence-electron chi connectivity index (χ1n) is 11.2. The number of aromatic hydroxyl groups is 1. The van der Waals surface area contributed by atoms with Gasteiger partial charge in [-0.3, -0.25) is 14.2 Å². The second-order valence-corrected chi connectivity index (χ2v) is 8.99. The zero-order valence-electron chi connectivity index (χ0n) is 19.8. The zero-order chi connectivity index (χ0) is 24.9. The van der Waals surface area contributed by atoms with Crippen LogP contribution in [0.5, 0.6) is 6.01 Å². The topological polar surface area (TPSA) is 154 Å². The smallest absolute Gasteiger partial charge is 0.322 e. The molecule has 0 spiro atoms. The maximum absolute atomic E-state index is 12.0. The molecule has 1 aromatic carbocycles. The SMILES string of the molecule is CCCCNc1nc(NC(C)(C)C)c2nc(O)n(Cc3ccc(C(=O)NCC(=O)O)cc3)c2n1. The quantitative estimate of drug-likeness (QED) is 0.282. The van der Waals surface area contributed by atoms with Crippen molar-refractivity contribution in [1.29, 1.82) is 0 Å². The number of hydrogen-bond acceptors (Lipinski definition) is 8. The third-order valence-electron chi connectivity index (χ3n) is 4.84. The molecule has 3 rings (SSSR count). The Morgan fingerprint density at radius 1 is 1.09 bits per heavy atom. The van der Waals surface area contributed by atoms with Gasteiger partial charge in [-0.15, -0.1) is 0 Å². The Hall–Kier alpha value is -3.89. The van der Waals surface area contributed by atoms with Crippen LogP contribution in [-0.4, -0.2) is 60.2 Å². The van der Waals surface area contributed by atoms with Gasteiger partial charge in [-0.25, -0.2) is 0 Å². The van der Waals surface area contributed by atoms with E-state index in [1.54, 1.807) is 28.8 Å². The summed E-state index contributed by atoms with van der Waals surface area (Å²) in [7, 11) is 0. The number of aromatic nitrogens is 4. The van der Waals surface area contributed by atoms with Gasteiger partial charge in [-0.05, 0) is 44.9 Å². The Kier molecular flexibility index (Phi) is 7.54. The van der Waals surface area contributed by atoms with Crippen molar-refractivity contribution in [2.45, 2.75) is 52.6 Å². The number of carboxylic acids is 1. The van der Waals surface area contributed by atoms with Gasteiger partial charge >= 0.3 is 5.97 Å². The summed E-state index contributed by atoms with van der Waals surface area (Å²) in [5, 5.41) is 28.2. The number of fused-ring (bicyclic) bond motifs is 1. The van der Waals surface area contributed by atoms with E-state index in [-0.39, 0.29) is 18.1 Å². The molecule has 11 nitrogen and oxygen atoms in total. The van der Waals surface area contributed by atoms with Crippen molar-refractivity contribution >= 4 is 34.8 Å². The normalized spacial score (nSPS) is 11.4. The number of carbonyl (C=O) groups is 2. The van der Waals surface area contributed by atoms with E-state index in [1.807, 2.05) is 20.8 Å². The molecule has 2 heterocycles. The highest BCUT2D eigenvalue weighted by Gasteiger charge is 2.21. The fraction of sp³-hybridized carbons (Fsp3) is 0.435. The van der Waals surface area contributed by atoms with Gasteiger partial charge in [-0.2, -0.15) is 15.0 Å². The van der Waals surface area contributed by atoms with E-state index >= 15 is 0 Å². The van der Waals surface area contributed by atoms with E-state index < -0.39 is 18.4 Å². The molecule has 182 valence electrons. The Morgan fingerprint density at radius 3 is 2.41 bits per heavy atom. The van der Waals surface area contributed by atoms with Crippen molar-refractivity contribution in [3.63, 3.8) is 0 Å². The average Bonchev–Trinajstić information content (AvgIpc) is 3.07. The van der Waals surface area contributed by atoms with Crippen LogP contribution in [-0.2, 0) is 11.3 Å². The molecule has 0 atom stereocenters. The summed E-state index contributed by atoms with van der Waals surface area (Å²) < 4.78 is 1.58. The van der Waals surface area contributed by atoms with Crippen molar-refractivity contribution < 1.29 is 19.8 Å². The molecule has 5 N–H and O–H groups in total. The lowest BCUT2D eigenvalue weighted by Crippen LogP contribution is -2.29. The number of aliphatic carboxylic acids is 1. The number of benzene rings is 1. The number of carboxylic acid groups (broad SMARTS) is 1. The first-order valence-corrected chi connectivity index (χ1v) is 11.2. The summed E-state index contributed by atoms with van der Waals surface area (Å²) in [6.45, 7) is 8.67. The molecule has 2 aromatic heterocycles. The number of imidazole rings is 1. The fourth-order valence-corrected chi connectivity index (χ4v) is 3.24. The predicted octanol–water partition coefficient (Wildman–Crippen LogP) is 2.82. The van der Waals surface area contributed by atoms with Crippen molar-refractivity contribution in [2.24, 2.45) is 0 Å². The number of nitrogens with one attached hydrogen (secondary N) is 3. The van der Waals surface area contributed by atoms with Crippen molar-refractivity contribution in [2.75, 3.05) is 23.7 Å². The Morgan fingerprint density at radius 2 is 1.79 bits per heavy atom. The molecular weight excluding hydrogens is 438 g/mol. The summed E-state index contributed by atoms with van der Waals surface area (Å²) in [6, 6.07) is 6.47. The van der Waals surface area contributed by atoms with Crippen LogP contribution < -0.4 is 16.0 Å². The summed E-state index contributed by atoms with van der Waals surface area (Å²) >= 11 is 0. The van der Waals surface area contributed by atoms with Crippen LogP contribution in [0.15, 0.2) is 24.3 Å². The summed E-state index contributed by atoms with van der Waals surface area (Å²) in [5.41, 5.74) is 1.79. The minimum absolute atomic E-state index is 0.199. The lowest BCUT2D eigenvalue weighted by molar-refractivity contribution is -0.135. The van der Waals surface area contributed by atoms with Crippen LogP contribution in [0.3, 0.4) is 0 Å². The molecular formula is C23H31N7O4. The molecule has 0 aliphatic heterocycles. The maximum atomic E-state index is 12.0. The van der Waals surface area contributed by atoms with Gasteiger partial charge in [0.1, 0.15) is 6.54 Å². The molecule has 0 radical (unpaired) electrons. The van der Waals surface area contributed by atoms with Crippen LogP contribution in [0, 0.1) is 0 Å². The molecule has 0 aliphatic rings. The van der Waals surface area contributed by atoms with Gasteiger partial charge in [0.25, 0.3) is 11.9 Å². The van der Waals surface area contributed by atoms with E-state index in [2.05, 4.69) is 37.8 Å². The van der Waals surface area contributed by atoms with Gasteiger partial charge in [0.15, 0.2) is 17.0 Å². The molecule has 3 aromatic rings. The average molecular weight is 470 g/mol. The van der Waals surface area contributed by atoms with Gasteiger partial charge in [0.2, 0.25) is 5.95 Å². The Bertz CT molecular complexity index is 1170. The minimum atomic E-state index is -1.11. The second-order valence-electron chi connectivity index (χ2n) is 8.99. The molecule has 1 amide bonds. The number of rotatable bonds is 10. The lowest BCUT2D eigenvalue weighted by Gasteiger charge is -2.21. The third-order valence-corrected chi connectivity index (χ3v) is 4.84. The highest BCUT2D eigenvalue weighted by Crippen LogP contribution is 2.28. The maximum Gasteiger partial charge on any atom is 0.322 e. The largest absolute Gasteiger partial charge is 0.480 e. The molecule has 0 fully saturated rings. The molecule has 0 aliphatic carbocycles. The molecule has 0 saturated heterocycles. The first kappa shape index (κ1) is 24.7. The summed E-state index contributed by atoms with van der Waals surface area (Å²) in [6.07, 6.45) is 2.01. The van der Waals surface area contributed by atoms with Crippen LogP contribution >= 0.6 is 0 Å². The standard InChI is InChI=1S/C23H31N7O4/c1-5-6-11-24-21-27-18(29-23(2,3)4)17-19(28-21)30(22(34)26-17)13-14-7-9-15(10-8-14)20(33)25-12-16(31)32/h7-10H,5-6,11-13H2,1-4H3,(H,25,33)(H,26,34)(H,31,32)(H2,24,27,28,29). The molecule has 11 heteroatoms. The van der Waals surface area contributed by atoms with E-state index in [1.165, 1.54) is 0 Å². The Labute approximate surface area is 197 Å². The van der Waals surface area contributed by atoms with Gasteiger partial charge in [-0.1, -0.05) is 25.5 Å². The highest BCUT2D eigenvalue weighted by molar-refractivity contribution is 5.95. The number of hydrogen-bond donors (Lipinski definition) is 5. The van der Waals surface area contributed by atoms with E-state index in [0.717, 1.165) is 24.9 Å². The van der Waals surface area contributed by atoms with Crippen molar-refractivity contribution in [3.8, 4) is 6.01 Å². The van der Waals surface area contributed by atoms with Crippen LogP contribution in [0.4, 0.5) is 11.8 Å². The first-order chi connectivity index (χ1) is 16.1. The molecule has 34 heavy (non-hydrogen) atoms. The monoisotopic (exact) mass is 469 g/mol. The third kappa shape index (κ3) is 6.33. The summed E-state index contributed by atoms with van der Waals surface area (Å²) in [4.78, 5) is 36.2. The van der Waals surface area contributed by atoms with Gasteiger partial charge in [0, 0.05) is 17.6 Å². The number of nitrogens with zero attached hydrogens (tertiary/aromatic N) is 4. The van der Waals surface area contributed by atoms with E-state index in [9.17, 15) is 14.7 Å². The number of carbonyl (C=O) groups excluding carboxylic acids is 1. The zero-order valence-corrected chi connectivity index (χ0v) is 19.8. The number of unbranched alkanes of at least 4 members (excludes halogenated alkanes) is 1. The predicted molar refractivity (Wildman–Crippen MR) is 129 cm³/mol. The number of anilines is 2. The van der Waals surface area contributed by atoms with Crippen molar-refractivity contribution in [1.82, 2.24) is 24.8 Å². The molecule has 0 saturated carbocycles. The minimum Gasteiger partial charge on any atom is -0.480 e. The van der Waals surface area contributed by atoms with Crippen molar-refractivity contribution in [3.05, 3.63) is 35.4 Å². The lowest BCUT2D eigenvalue weighted by atomic mass is 10.1. The van der Waals surface area contributed by atoms with E-state index in [4.69, 9.17) is 5.11 Å². The fourth-order valence-electron chi connectivity index (χ4n) is 3.24. The van der Waals surface area contributed by atoms with Gasteiger partial charge < -0.3 is 26.2 Å². The van der Waals surface area contributed by atoms with Crippen LogP contribution in [0.1, 0.15) is 56.5 Å². The van der Waals surface area contributed by atoms with Gasteiger partial charge in [0.05, 0.1) is 6.54 Å². The number of amides is 1. The Balaban J connectivity index is 1.91. The van der Waals surface area contributed by atoms with Crippen LogP contribution in [0.25, 0.3) is 11.2 Å². The second kappa shape index (κ2) is 10.4. The van der Waals surface area contributed by atoms with Crippen LogP contribution in [0.2, 0.25) is 0 Å². The van der Waals surface area contributed by atoms with E-state index in [0.29, 0.717) is 28.5 Å². The summed E-state index contributed by atoms with van der Waals surface area (Å²) in [5.74, 6) is -0.619.